The van der Waals surface area contributed by atoms with E-state index >= 15 is 0 Å². The molecule has 1 aromatic heterocycles. The van der Waals surface area contributed by atoms with E-state index < -0.39 is 6.04 Å². The molecule has 0 bridgehead atoms. The second kappa shape index (κ2) is 9.80. The van der Waals surface area contributed by atoms with Gasteiger partial charge in [-0.1, -0.05) is 23.7 Å². The fourth-order valence-electron chi connectivity index (χ4n) is 3.37. The van der Waals surface area contributed by atoms with Crippen molar-refractivity contribution < 1.29 is 14.3 Å². The highest BCUT2D eigenvalue weighted by atomic mass is 35.5. The fraction of sp³-hybridized carbons (Fsp3) is 0.318. The van der Waals surface area contributed by atoms with E-state index in [-0.39, 0.29) is 11.6 Å². The van der Waals surface area contributed by atoms with Gasteiger partial charge in [0.05, 0.1) is 36.3 Å². The fourth-order valence-corrected chi connectivity index (χ4v) is 3.54. The van der Waals surface area contributed by atoms with Crippen LogP contribution in [0, 0.1) is 0 Å². The van der Waals surface area contributed by atoms with E-state index in [1.54, 1.807) is 55.5 Å². The highest BCUT2D eigenvalue weighted by Gasteiger charge is 2.26. The first-order valence-electron chi connectivity index (χ1n) is 9.73. The Morgan fingerprint density at radius 3 is 2.71 bits per heavy atom. The zero-order chi connectivity index (χ0) is 22.5. The number of anilines is 1. The van der Waals surface area contributed by atoms with Gasteiger partial charge < -0.3 is 19.7 Å². The lowest BCUT2D eigenvalue weighted by Gasteiger charge is -2.30. The standard InChI is InChI=1S/C22H25ClN4O4/c1-14(20-24-18-13-15(23)9-10-16(18)21(28)26(20)2)27(11-12-30-3)22(29)25-17-7-5-6-8-19(17)31-4/h5-10,13-14H,11-12H2,1-4H3,(H,25,29). The molecule has 3 rings (SSSR count). The molecule has 0 fully saturated rings. The second-order valence-corrected chi connectivity index (χ2v) is 7.42. The number of nitrogens with one attached hydrogen (secondary N) is 1. The normalized spacial score (nSPS) is 11.9. The van der Waals surface area contributed by atoms with Gasteiger partial charge in [0.1, 0.15) is 11.6 Å². The Balaban J connectivity index is 1.99. The van der Waals surface area contributed by atoms with Crippen LogP contribution >= 0.6 is 11.6 Å². The summed E-state index contributed by atoms with van der Waals surface area (Å²) in [5.74, 6) is 0.979. The first kappa shape index (κ1) is 22.6. The molecule has 0 spiro atoms. The minimum absolute atomic E-state index is 0.208. The maximum absolute atomic E-state index is 13.2. The number of benzene rings is 2. The van der Waals surface area contributed by atoms with Gasteiger partial charge in [-0.15, -0.1) is 0 Å². The minimum Gasteiger partial charge on any atom is -0.495 e. The van der Waals surface area contributed by atoms with E-state index in [1.165, 1.54) is 11.7 Å². The van der Waals surface area contributed by atoms with Gasteiger partial charge >= 0.3 is 6.03 Å². The first-order valence-corrected chi connectivity index (χ1v) is 10.1. The van der Waals surface area contributed by atoms with Crippen LogP contribution in [0.2, 0.25) is 5.02 Å². The van der Waals surface area contributed by atoms with Crippen molar-refractivity contribution >= 4 is 34.2 Å². The number of nitrogens with zero attached hydrogens (tertiary/aromatic N) is 3. The molecular weight excluding hydrogens is 420 g/mol. The molecule has 0 aliphatic rings. The van der Waals surface area contributed by atoms with E-state index in [2.05, 4.69) is 10.3 Å². The quantitative estimate of drug-likeness (QED) is 0.598. The Labute approximate surface area is 185 Å². The van der Waals surface area contributed by atoms with Crippen molar-refractivity contribution in [3.63, 3.8) is 0 Å². The third-order valence-electron chi connectivity index (χ3n) is 5.06. The van der Waals surface area contributed by atoms with E-state index in [0.29, 0.717) is 46.3 Å². The number of carbonyl (C=O) groups is 1. The molecule has 2 amide bonds. The first-order chi connectivity index (χ1) is 14.9. The molecule has 0 saturated carbocycles. The molecule has 9 heteroatoms. The van der Waals surface area contributed by atoms with Crippen molar-refractivity contribution in [2.75, 3.05) is 32.7 Å². The smallest absolute Gasteiger partial charge is 0.322 e. The second-order valence-electron chi connectivity index (χ2n) is 6.99. The van der Waals surface area contributed by atoms with Crippen molar-refractivity contribution in [3.05, 3.63) is 63.7 Å². The summed E-state index contributed by atoms with van der Waals surface area (Å²) in [5.41, 5.74) is 0.811. The van der Waals surface area contributed by atoms with Crippen molar-refractivity contribution in [1.29, 1.82) is 0 Å². The molecule has 0 saturated heterocycles. The molecule has 3 aromatic rings. The number of fused-ring (bicyclic) bond motifs is 1. The average Bonchev–Trinajstić information content (AvgIpc) is 2.76. The van der Waals surface area contributed by atoms with Gasteiger partial charge in [0, 0.05) is 25.7 Å². The molecule has 1 heterocycles. The number of halogens is 1. The summed E-state index contributed by atoms with van der Waals surface area (Å²) in [6.45, 7) is 2.43. The third kappa shape index (κ3) is 4.81. The number of aromatic nitrogens is 2. The molecule has 1 N–H and O–H groups in total. The van der Waals surface area contributed by atoms with Gasteiger partial charge in [-0.05, 0) is 37.3 Å². The van der Waals surface area contributed by atoms with Crippen LogP contribution in [-0.2, 0) is 11.8 Å². The van der Waals surface area contributed by atoms with Crippen LogP contribution in [0.25, 0.3) is 10.9 Å². The Hall–Kier alpha value is -3.10. The van der Waals surface area contributed by atoms with E-state index in [1.807, 2.05) is 13.0 Å². The Bertz CT molecular complexity index is 1150. The van der Waals surface area contributed by atoms with Crippen molar-refractivity contribution in [1.82, 2.24) is 14.5 Å². The third-order valence-corrected chi connectivity index (χ3v) is 5.30. The molecule has 2 aromatic carbocycles. The lowest BCUT2D eigenvalue weighted by Crippen LogP contribution is -2.41. The summed E-state index contributed by atoms with van der Waals surface area (Å²) in [5, 5.41) is 3.82. The zero-order valence-corrected chi connectivity index (χ0v) is 18.6. The zero-order valence-electron chi connectivity index (χ0n) is 17.9. The van der Waals surface area contributed by atoms with Gasteiger partial charge in [-0.3, -0.25) is 9.36 Å². The van der Waals surface area contributed by atoms with Crippen LogP contribution in [0.5, 0.6) is 5.75 Å². The summed E-state index contributed by atoms with van der Waals surface area (Å²) in [7, 11) is 4.74. The molecule has 0 aliphatic carbocycles. The SMILES string of the molecule is COCCN(C(=O)Nc1ccccc1OC)C(C)c1nc2cc(Cl)ccc2c(=O)n1C. The molecule has 0 aliphatic heterocycles. The Morgan fingerprint density at radius 2 is 2.00 bits per heavy atom. The van der Waals surface area contributed by atoms with Crippen LogP contribution in [0.4, 0.5) is 10.5 Å². The summed E-state index contributed by atoms with van der Waals surface area (Å²) in [6.07, 6.45) is 0. The predicted molar refractivity (Wildman–Crippen MR) is 121 cm³/mol. The highest BCUT2D eigenvalue weighted by molar-refractivity contribution is 6.31. The van der Waals surface area contributed by atoms with Gasteiger partial charge in [-0.25, -0.2) is 9.78 Å². The number of methoxy groups -OCH3 is 2. The van der Waals surface area contributed by atoms with Crippen LogP contribution in [0.1, 0.15) is 18.8 Å². The van der Waals surface area contributed by atoms with Gasteiger partial charge in [0.2, 0.25) is 0 Å². The number of carbonyl (C=O) groups excluding carboxylic acids is 1. The number of amides is 2. The highest BCUT2D eigenvalue weighted by Crippen LogP contribution is 2.26. The largest absolute Gasteiger partial charge is 0.495 e. The van der Waals surface area contributed by atoms with Gasteiger partial charge in [0.25, 0.3) is 5.56 Å². The van der Waals surface area contributed by atoms with Crippen LogP contribution in [-0.4, -0.2) is 47.9 Å². The number of hydrogen-bond acceptors (Lipinski definition) is 5. The van der Waals surface area contributed by atoms with Crippen LogP contribution in [0.15, 0.2) is 47.3 Å². The Kier molecular flexibility index (Phi) is 7.14. The van der Waals surface area contributed by atoms with Crippen molar-refractivity contribution in [2.45, 2.75) is 13.0 Å². The van der Waals surface area contributed by atoms with Crippen molar-refractivity contribution in [2.24, 2.45) is 7.05 Å². The number of rotatable bonds is 7. The minimum atomic E-state index is -0.522. The maximum Gasteiger partial charge on any atom is 0.322 e. The monoisotopic (exact) mass is 444 g/mol. The Morgan fingerprint density at radius 1 is 1.26 bits per heavy atom. The number of para-hydroxylation sites is 2. The molecule has 164 valence electrons. The van der Waals surface area contributed by atoms with E-state index in [0.717, 1.165) is 0 Å². The molecule has 8 nitrogen and oxygen atoms in total. The lowest BCUT2D eigenvalue weighted by molar-refractivity contribution is 0.136. The molecule has 1 unspecified atom stereocenters. The van der Waals surface area contributed by atoms with Gasteiger partial charge in [-0.2, -0.15) is 0 Å². The molecule has 1 atom stereocenters. The van der Waals surface area contributed by atoms with Gasteiger partial charge in [0.15, 0.2) is 0 Å². The molecular formula is C22H25ClN4O4. The van der Waals surface area contributed by atoms with Crippen LogP contribution < -0.4 is 15.6 Å². The number of ether oxygens (including phenoxy) is 2. The van der Waals surface area contributed by atoms with Crippen molar-refractivity contribution in [3.8, 4) is 5.75 Å². The van der Waals surface area contributed by atoms with E-state index in [4.69, 9.17) is 21.1 Å². The van der Waals surface area contributed by atoms with E-state index in [9.17, 15) is 9.59 Å². The summed E-state index contributed by atoms with van der Waals surface area (Å²) < 4.78 is 12.0. The summed E-state index contributed by atoms with van der Waals surface area (Å²) in [6, 6.07) is 11.2. The lowest BCUT2D eigenvalue weighted by atomic mass is 10.2. The van der Waals surface area contributed by atoms with Crippen LogP contribution in [0.3, 0.4) is 0 Å². The predicted octanol–water partition coefficient (Wildman–Crippen LogP) is 3.84. The maximum atomic E-state index is 13.2. The summed E-state index contributed by atoms with van der Waals surface area (Å²) in [4.78, 5) is 32.3. The summed E-state index contributed by atoms with van der Waals surface area (Å²) >= 11 is 6.09. The number of urea groups is 1. The molecule has 0 radical (unpaired) electrons. The average molecular weight is 445 g/mol. The molecule has 31 heavy (non-hydrogen) atoms. The number of hydrogen-bond donors (Lipinski definition) is 1. The topological polar surface area (TPSA) is 85.7 Å².